The van der Waals surface area contributed by atoms with Gasteiger partial charge in [-0.2, -0.15) is 0 Å². The number of halogens is 1. The van der Waals surface area contributed by atoms with Crippen LogP contribution in [0.15, 0.2) is 65.3 Å². The number of ether oxygens (including phenoxy) is 1. The van der Waals surface area contributed by atoms with Gasteiger partial charge in [0.05, 0.1) is 36.2 Å². The maximum Gasteiger partial charge on any atom is 0.271 e. The minimum atomic E-state index is -1.55. The molecule has 1 aromatic heterocycles. The molecule has 3 heterocycles. The molecule has 1 fully saturated rings. The van der Waals surface area contributed by atoms with Crippen LogP contribution in [0, 0.1) is 0 Å². The second kappa shape index (κ2) is 7.97. The summed E-state index contributed by atoms with van der Waals surface area (Å²) >= 11 is 6.23. The van der Waals surface area contributed by atoms with E-state index >= 15 is 0 Å². The lowest BCUT2D eigenvalue weighted by Crippen LogP contribution is -2.69. The molecule has 0 radical (unpaired) electrons. The molecule has 0 saturated carbocycles. The zero-order valence-electron chi connectivity index (χ0n) is 17.7. The molecule has 8 nitrogen and oxygen atoms in total. The Kier molecular flexibility index (Phi) is 5.09. The van der Waals surface area contributed by atoms with Gasteiger partial charge in [-0.1, -0.05) is 23.7 Å². The Labute approximate surface area is 194 Å². The van der Waals surface area contributed by atoms with Gasteiger partial charge >= 0.3 is 0 Å². The Morgan fingerprint density at radius 3 is 2.73 bits per heavy atom. The summed E-state index contributed by atoms with van der Waals surface area (Å²) in [6.45, 7) is 0.0285. The molecule has 0 aliphatic carbocycles. The predicted octanol–water partition coefficient (Wildman–Crippen LogP) is 4.06. The topological polar surface area (TPSA) is 92.1 Å². The molecule has 3 amide bonds. The van der Waals surface area contributed by atoms with Gasteiger partial charge in [0, 0.05) is 18.5 Å². The number of nitrogens with zero attached hydrogens (tertiary/aromatic N) is 2. The summed E-state index contributed by atoms with van der Waals surface area (Å²) in [6.07, 6.45) is 1.76. The van der Waals surface area contributed by atoms with Gasteiger partial charge in [0.25, 0.3) is 11.8 Å². The SMILES string of the molecule is COc1ccc(NC(=O)[C@@]23CCC(=O)N2c2ccccc2C(=O)N3Cc2ccco2)cc1Cl. The molecule has 0 spiro atoms. The summed E-state index contributed by atoms with van der Waals surface area (Å²) in [5, 5.41) is 3.17. The average molecular weight is 466 g/mol. The third kappa shape index (κ3) is 3.25. The first-order valence-corrected chi connectivity index (χ1v) is 10.7. The zero-order valence-corrected chi connectivity index (χ0v) is 18.5. The van der Waals surface area contributed by atoms with Crippen LogP contribution in [-0.4, -0.2) is 35.4 Å². The molecule has 5 rings (SSSR count). The van der Waals surface area contributed by atoms with Crippen LogP contribution in [0.5, 0.6) is 5.75 Å². The molecule has 1 atom stereocenters. The molecule has 1 N–H and O–H groups in total. The molecule has 2 aliphatic rings. The number of carbonyl (C=O) groups is 3. The van der Waals surface area contributed by atoms with Crippen LogP contribution in [0.2, 0.25) is 5.02 Å². The van der Waals surface area contributed by atoms with Crippen LogP contribution >= 0.6 is 11.6 Å². The highest BCUT2D eigenvalue weighted by molar-refractivity contribution is 6.32. The lowest BCUT2D eigenvalue weighted by atomic mass is 9.95. The highest BCUT2D eigenvalue weighted by Crippen LogP contribution is 2.45. The van der Waals surface area contributed by atoms with E-state index < -0.39 is 11.6 Å². The summed E-state index contributed by atoms with van der Waals surface area (Å²) in [5.74, 6) is -0.129. The van der Waals surface area contributed by atoms with Crippen molar-refractivity contribution in [3.05, 3.63) is 77.2 Å². The number of methoxy groups -OCH3 is 1. The molecule has 2 aliphatic heterocycles. The van der Waals surface area contributed by atoms with Crippen molar-refractivity contribution in [3.63, 3.8) is 0 Å². The third-order valence-corrected chi connectivity index (χ3v) is 6.34. The highest BCUT2D eigenvalue weighted by atomic mass is 35.5. The van der Waals surface area contributed by atoms with Crippen molar-refractivity contribution in [2.24, 2.45) is 0 Å². The van der Waals surface area contributed by atoms with Crippen molar-refractivity contribution < 1.29 is 23.5 Å². The van der Waals surface area contributed by atoms with E-state index in [0.717, 1.165) is 0 Å². The number of nitrogens with one attached hydrogen (secondary N) is 1. The van der Waals surface area contributed by atoms with Crippen molar-refractivity contribution in [2.45, 2.75) is 25.0 Å². The molecular weight excluding hydrogens is 446 g/mol. The summed E-state index contributed by atoms with van der Waals surface area (Å²) in [5.41, 5.74) is -0.357. The number of hydrogen-bond donors (Lipinski definition) is 1. The number of para-hydroxylation sites is 1. The van der Waals surface area contributed by atoms with Crippen LogP contribution < -0.4 is 15.0 Å². The second-order valence-corrected chi connectivity index (χ2v) is 8.24. The van der Waals surface area contributed by atoms with E-state index in [0.29, 0.717) is 33.5 Å². The predicted molar refractivity (Wildman–Crippen MR) is 121 cm³/mol. The second-order valence-electron chi connectivity index (χ2n) is 7.84. The van der Waals surface area contributed by atoms with Crippen molar-refractivity contribution in [2.75, 3.05) is 17.3 Å². The Morgan fingerprint density at radius 1 is 1.18 bits per heavy atom. The van der Waals surface area contributed by atoms with E-state index in [1.54, 1.807) is 54.6 Å². The summed E-state index contributed by atoms with van der Waals surface area (Å²) in [4.78, 5) is 43.4. The number of rotatable bonds is 5. The molecule has 0 bridgehead atoms. The van der Waals surface area contributed by atoms with Crippen molar-refractivity contribution in [1.29, 1.82) is 0 Å². The minimum absolute atomic E-state index is 0.0285. The Morgan fingerprint density at radius 2 is 2.00 bits per heavy atom. The van der Waals surface area contributed by atoms with E-state index in [4.69, 9.17) is 20.8 Å². The zero-order chi connectivity index (χ0) is 23.2. The first-order chi connectivity index (χ1) is 16.0. The van der Waals surface area contributed by atoms with E-state index in [1.807, 2.05) is 0 Å². The van der Waals surface area contributed by atoms with Crippen molar-refractivity contribution in [3.8, 4) is 5.75 Å². The van der Waals surface area contributed by atoms with Gasteiger partial charge in [0.1, 0.15) is 11.5 Å². The normalized spacial score (nSPS) is 19.3. The van der Waals surface area contributed by atoms with E-state index in [-0.39, 0.29) is 31.2 Å². The van der Waals surface area contributed by atoms with Crippen LogP contribution in [0.25, 0.3) is 0 Å². The largest absolute Gasteiger partial charge is 0.495 e. The number of carbonyl (C=O) groups excluding carboxylic acids is 3. The van der Waals surface area contributed by atoms with Gasteiger partial charge in [0.15, 0.2) is 0 Å². The van der Waals surface area contributed by atoms with Crippen molar-refractivity contribution >= 4 is 40.7 Å². The van der Waals surface area contributed by atoms with Gasteiger partial charge in [-0.05, 0) is 42.5 Å². The first-order valence-electron chi connectivity index (χ1n) is 10.4. The number of furan rings is 1. The van der Waals surface area contributed by atoms with Gasteiger partial charge < -0.3 is 14.5 Å². The van der Waals surface area contributed by atoms with Crippen LogP contribution in [0.4, 0.5) is 11.4 Å². The number of amides is 3. The van der Waals surface area contributed by atoms with Gasteiger partial charge in [-0.15, -0.1) is 0 Å². The maximum absolute atomic E-state index is 13.9. The highest BCUT2D eigenvalue weighted by Gasteiger charge is 2.61. The van der Waals surface area contributed by atoms with Crippen LogP contribution in [0.1, 0.15) is 29.0 Å². The summed E-state index contributed by atoms with van der Waals surface area (Å²) < 4.78 is 10.6. The van der Waals surface area contributed by atoms with Crippen LogP contribution in [-0.2, 0) is 16.1 Å². The molecule has 168 valence electrons. The van der Waals surface area contributed by atoms with E-state index in [1.165, 1.54) is 23.2 Å². The van der Waals surface area contributed by atoms with Crippen LogP contribution in [0.3, 0.4) is 0 Å². The number of fused-ring (bicyclic) bond motifs is 3. The Hall–Kier alpha value is -3.78. The lowest BCUT2D eigenvalue weighted by Gasteiger charge is -2.48. The molecule has 2 aromatic carbocycles. The number of hydrogen-bond acceptors (Lipinski definition) is 5. The quantitative estimate of drug-likeness (QED) is 0.613. The monoisotopic (exact) mass is 465 g/mol. The number of anilines is 2. The maximum atomic E-state index is 13.9. The molecule has 0 unspecified atom stereocenters. The molecule has 3 aromatic rings. The fraction of sp³-hybridized carbons (Fsp3) is 0.208. The molecule has 9 heteroatoms. The summed E-state index contributed by atoms with van der Waals surface area (Å²) in [7, 11) is 1.50. The van der Waals surface area contributed by atoms with Gasteiger partial charge in [-0.3, -0.25) is 24.2 Å². The summed E-state index contributed by atoms with van der Waals surface area (Å²) in [6, 6.07) is 15.1. The average Bonchev–Trinajstić information content (AvgIpc) is 3.45. The van der Waals surface area contributed by atoms with Gasteiger partial charge in [0.2, 0.25) is 11.6 Å². The first kappa shape index (κ1) is 21.1. The lowest BCUT2D eigenvalue weighted by molar-refractivity contribution is -0.129. The van der Waals surface area contributed by atoms with Crippen molar-refractivity contribution in [1.82, 2.24) is 4.90 Å². The Bertz CT molecular complexity index is 1260. The molecule has 33 heavy (non-hydrogen) atoms. The fourth-order valence-electron chi connectivity index (χ4n) is 4.54. The minimum Gasteiger partial charge on any atom is -0.495 e. The smallest absolute Gasteiger partial charge is 0.271 e. The molecular formula is C24H20ClN3O5. The standard InChI is InChI=1S/C24H20ClN3O5/c1-32-20-9-8-15(13-18(20)25)26-23(31)24-11-10-21(29)28(24)19-7-3-2-6-17(19)22(30)27(24)14-16-5-4-12-33-16/h2-9,12-13H,10-11,14H2,1H3,(H,26,31)/t24-/m1/s1. The Balaban J connectivity index is 1.62. The fourth-order valence-corrected chi connectivity index (χ4v) is 4.79. The van der Waals surface area contributed by atoms with E-state index in [2.05, 4.69) is 5.32 Å². The third-order valence-electron chi connectivity index (χ3n) is 6.04. The molecule has 1 saturated heterocycles. The van der Waals surface area contributed by atoms with E-state index in [9.17, 15) is 14.4 Å². The van der Waals surface area contributed by atoms with Gasteiger partial charge in [-0.25, -0.2) is 0 Å². The number of benzene rings is 2.